The molecule has 4 aromatic rings. The average Bonchev–Trinajstić information content (AvgIpc) is 3.20. The van der Waals surface area contributed by atoms with Crippen molar-refractivity contribution in [3.05, 3.63) is 70.6 Å². The zero-order chi connectivity index (χ0) is 23.5. The number of pyridine rings is 1. The fourth-order valence-electron chi connectivity index (χ4n) is 4.26. The Labute approximate surface area is 209 Å². The molecule has 35 heavy (non-hydrogen) atoms. The summed E-state index contributed by atoms with van der Waals surface area (Å²) in [5.74, 6) is 0.699. The van der Waals surface area contributed by atoms with Gasteiger partial charge in [0.2, 0.25) is 10.0 Å². The summed E-state index contributed by atoms with van der Waals surface area (Å²) in [5, 5.41) is 0.834. The van der Waals surface area contributed by atoms with Crippen LogP contribution in [0.4, 0.5) is 0 Å². The van der Waals surface area contributed by atoms with Crippen LogP contribution >= 0.6 is 12.4 Å². The molecule has 0 aliphatic carbocycles. The second-order valence-corrected chi connectivity index (χ2v) is 10.6. The molecule has 0 atom stereocenters. The Bertz CT molecular complexity index is 1450. The number of nitrogens with zero attached hydrogens (tertiary/aromatic N) is 3. The molecule has 1 fully saturated rings. The lowest BCUT2D eigenvalue weighted by atomic mass is 10.2. The minimum Gasteiger partial charge on any atom is -0.494 e. The van der Waals surface area contributed by atoms with Gasteiger partial charge in [0.1, 0.15) is 5.75 Å². The number of aromatic nitrogens is 3. The summed E-state index contributed by atoms with van der Waals surface area (Å²) in [6, 6.07) is 17.5. The Morgan fingerprint density at radius 1 is 0.971 bits per heavy atom. The largest absolute Gasteiger partial charge is 0.494 e. The molecule has 186 valence electrons. The van der Waals surface area contributed by atoms with Crippen LogP contribution in [-0.2, 0) is 16.6 Å². The number of hydrogen-bond acceptors (Lipinski definition) is 6. The van der Waals surface area contributed by atoms with Crippen molar-refractivity contribution in [3.63, 3.8) is 0 Å². The number of hydrogen-bond donors (Lipinski definition) is 2. The van der Waals surface area contributed by atoms with Gasteiger partial charge in [0, 0.05) is 38.1 Å². The molecule has 1 aliphatic heterocycles. The van der Waals surface area contributed by atoms with Gasteiger partial charge in [-0.25, -0.2) is 18.2 Å². The molecule has 0 bridgehead atoms. The van der Waals surface area contributed by atoms with Gasteiger partial charge >= 0.3 is 5.69 Å². The van der Waals surface area contributed by atoms with Crippen molar-refractivity contribution >= 4 is 44.5 Å². The predicted molar refractivity (Wildman–Crippen MR) is 139 cm³/mol. The number of sulfonamides is 1. The molecule has 1 saturated heterocycles. The zero-order valence-electron chi connectivity index (χ0n) is 19.1. The van der Waals surface area contributed by atoms with E-state index in [4.69, 9.17) is 4.74 Å². The second kappa shape index (κ2) is 10.8. The van der Waals surface area contributed by atoms with Crippen molar-refractivity contribution in [2.24, 2.45) is 0 Å². The van der Waals surface area contributed by atoms with E-state index in [1.165, 1.54) is 5.56 Å². The van der Waals surface area contributed by atoms with Crippen LogP contribution < -0.4 is 10.4 Å². The van der Waals surface area contributed by atoms with Gasteiger partial charge in [-0.1, -0.05) is 30.3 Å². The molecule has 2 aromatic carbocycles. The third kappa shape index (κ3) is 6.02. The summed E-state index contributed by atoms with van der Waals surface area (Å²) >= 11 is 0. The summed E-state index contributed by atoms with van der Waals surface area (Å²) in [6.45, 7) is 3.64. The maximum Gasteiger partial charge on any atom is 0.325 e. The molecule has 0 saturated carbocycles. The number of nitrogens with one attached hydrogen (secondary N) is 2. The molecule has 11 heteroatoms. The number of imidazole rings is 1. The van der Waals surface area contributed by atoms with E-state index >= 15 is 0 Å². The Hall–Kier alpha value is -2.92. The van der Waals surface area contributed by atoms with Gasteiger partial charge in [-0.15, -0.1) is 12.4 Å². The maximum atomic E-state index is 12.8. The van der Waals surface area contributed by atoms with E-state index in [0.29, 0.717) is 43.0 Å². The number of halogens is 1. The van der Waals surface area contributed by atoms with Crippen molar-refractivity contribution in [2.45, 2.75) is 13.0 Å². The Kier molecular flexibility index (Phi) is 7.75. The van der Waals surface area contributed by atoms with E-state index in [-0.39, 0.29) is 23.8 Å². The number of aromatic amines is 2. The molecule has 0 radical (unpaired) electrons. The van der Waals surface area contributed by atoms with Crippen LogP contribution in [0.5, 0.6) is 5.75 Å². The molecular formula is C24H28ClN5O4S. The van der Waals surface area contributed by atoms with Gasteiger partial charge in [0.15, 0.2) is 5.65 Å². The van der Waals surface area contributed by atoms with E-state index in [0.717, 1.165) is 30.5 Å². The summed E-state index contributed by atoms with van der Waals surface area (Å²) in [4.78, 5) is 23.5. The topological polar surface area (TPSA) is 111 Å². The van der Waals surface area contributed by atoms with Crippen LogP contribution in [0.25, 0.3) is 22.1 Å². The van der Waals surface area contributed by atoms with E-state index in [1.807, 2.05) is 36.4 Å². The van der Waals surface area contributed by atoms with Gasteiger partial charge in [-0.3, -0.25) is 9.88 Å². The van der Waals surface area contributed by atoms with Crippen LogP contribution in [0.2, 0.25) is 0 Å². The predicted octanol–water partition coefficient (Wildman–Crippen LogP) is 2.74. The number of H-pyrrole nitrogens is 2. The molecule has 0 unspecified atom stereocenters. The number of rotatable bonds is 8. The third-order valence-electron chi connectivity index (χ3n) is 6.06. The smallest absolute Gasteiger partial charge is 0.325 e. The lowest BCUT2D eigenvalue weighted by Gasteiger charge is -2.34. The summed E-state index contributed by atoms with van der Waals surface area (Å²) in [7, 11) is -3.31. The first kappa shape index (κ1) is 25.2. The van der Waals surface area contributed by atoms with Gasteiger partial charge in [-0.2, -0.15) is 4.31 Å². The molecule has 5 rings (SSSR count). The maximum absolute atomic E-state index is 12.8. The molecule has 0 amide bonds. The molecule has 0 spiro atoms. The van der Waals surface area contributed by atoms with Crippen LogP contribution in [0.3, 0.4) is 0 Å². The summed E-state index contributed by atoms with van der Waals surface area (Å²) < 4.78 is 32.9. The highest BCUT2D eigenvalue weighted by atomic mass is 35.5. The van der Waals surface area contributed by atoms with E-state index in [9.17, 15) is 13.2 Å². The van der Waals surface area contributed by atoms with Crippen molar-refractivity contribution in [1.82, 2.24) is 24.2 Å². The fraction of sp³-hybridized carbons (Fsp3) is 0.333. The highest BCUT2D eigenvalue weighted by Gasteiger charge is 2.26. The minimum atomic E-state index is -3.31. The standard InChI is InChI=1S/C24H27N5O4S.ClH/c30-24-26-22-16-19-15-20(7-8-21(19)25-23(22)27-24)33-13-4-14-34(31,32)29-11-9-28(10-12-29)17-18-5-2-1-3-6-18;/h1-3,5-8,15-16H,4,9-14,17H2,(H2,25,26,27,30);1H. The highest BCUT2D eigenvalue weighted by Crippen LogP contribution is 2.22. The quantitative estimate of drug-likeness (QED) is 0.348. The van der Waals surface area contributed by atoms with Crippen molar-refractivity contribution < 1.29 is 13.2 Å². The molecule has 3 heterocycles. The molecule has 2 N–H and O–H groups in total. The fourth-order valence-corrected chi connectivity index (χ4v) is 5.72. The minimum absolute atomic E-state index is 0. The van der Waals surface area contributed by atoms with Crippen LogP contribution in [0.1, 0.15) is 12.0 Å². The zero-order valence-corrected chi connectivity index (χ0v) is 20.8. The first-order chi connectivity index (χ1) is 16.5. The molecule has 1 aliphatic rings. The lowest BCUT2D eigenvalue weighted by molar-refractivity contribution is 0.181. The first-order valence-corrected chi connectivity index (χ1v) is 13.0. The van der Waals surface area contributed by atoms with Crippen LogP contribution in [0, 0.1) is 0 Å². The number of fused-ring (bicyclic) bond motifs is 2. The van der Waals surface area contributed by atoms with E-state index in [2.05, 4.69) is 32.0 Å². The van der Waals surface area contributed by atoms with Crippen molar-refractivity contribution in [1.29, 1.82) is 0 Å². The third-order valence-corrected chi connectivity index (χ3v) is 8.01. The lowest BCUT2D eigenvalue weighted by Crippen LogP contribution is -2.48. The van der Waals surface area contributed by atoms with E-state index in [1.54, 1.807) is 10.4 Å². The normalized spacial score (nSPS) is 15.3. The van der Waals surface area contributed by atoms with Crippen molar-refractivity contribution in [3.8, 4) is 5.75 Å². The van der Waals surface area contributed by atoms with Gasteiger partial charge in [0.25, 0.3) is 0 Å². The summed E-state index contributed by atoms with van der Waals surface area (Å²) in [5.41, 5.74) is 2.82. The molecule has 2 aromatic heterocycles. The number of ether oxygens (including phenoxy) is 1. The Balaban J connectivity index is 0.00000289. The van der Waals surface area contributed by atoms with Crippen molar-refractivity contribution in [2.75, 3.05) is 38.5 Å². The average molecular weight is 518 g/mol. The Morgan fingerprint density at radius 3 is 2.51 bits per heavy atom. The first-order valence-electron chi connectivity index (χ1n) is 11.4. The van der Waals surface area contributed by atoms with Crippen LogP contribution in [-0.4, -0.2) is 71.1 Å². The number of piperazine rings is 1. The van der Waals surface area contributed by atoms with Gasteiger partial charge in [-0.05, 0) is 36.2 Å². The summed E-state index contributed by atoms with van der Waals surface area (Å²) in [6.07, 6.45) is 0.410. The van der Waals surface area contributed by atoms with E-state index < -0.39 is 10.0 Å². The van der Waals surface area contributed by atoms with Gasteiger partial charge < -0.3 is 9.72 Å². The number of benzene rings is 2. The SMILES string of the molecule is Cl.O=c1[nH]c2cc3cc(OCCCS(=O)(=O)N4CCN(Cc5ccccc5)CC4)ccc3nc2[nH]1. The van der Waals surface area contributed by atoms with Crippen LogP contribution in [0.15, 0.2) is 59.4 Å². The molecule has 9 nitrogen and oxygen atoms in total. The highest BCUT2D eigenvalue weighted by molar-refractivity contribution is 7.89. The molecular weight excluding hydrogens is 490 g/mol. The van der Waals surface area contributed by atoms with Gasteiger partial charge in [0.05, 0.1) is 23.4 Å². The monoisotopic (exact) mass is 517 g/mol. The second-order valence-electron chi connectivity index (χ2n) is 8.50. The Morgan fingerprint density at radius 2 is 1.74 bits per heavy atom.